The third-order valence-electron chi connectivity index (χ3n) is 2.88. The summed E-state index contributed by atoms with van der Waals surface area (Å²) in [7, 11) is 1.47. The van der Waals surface area contributed by atoms with Gasteiger partial charge in [-0.3, -0.25) is 4.79 Å². The van der Waals surface area contributed by atoms with Gasteiger partial charge in [-0.1, -0.05) is 0 Å². The Hall–Kier alpha value is -3.20. The van der Waals surface area contributed by atoms with E-state index in [4.69, 9.17) is 19.2 Å². The van der Waals surface area contributed by atoms with Crippen molar-refractivity contribution in [2.75, 3.05) is 19.0 Å². The van der Waals surface area contributed by atoms with Gasteiger partial charge in [0.1, 0.15) is 23.2 Å². The molecule has 2 aromatic rings. The SMILES string of the molecule is CCOc1ccc(NC(=O)/C(C#N)=C/c2ccc(OC)o2)cc1. The first kappa shape index (κ1) is 16.2. The predicted molar refractivity (Wildman–Crippen MR) is 85.1 cm³/mol. The maximum absolute atomic E-state index is 12.1. The number of nitrogens with one attached hydrogen (secondary N) is 1. The Labute approximate surface area is 133 Å². The van der Waals surface area contributed by atoms with E-state index in [1.54, 1.807) is 36.4 Å². The number of ether oxygens (including phenoxy) is 2. The highest BCUT2D eigenvalue weighted by Crippen LogP contribution is 2.19. The monoisotopic (exact) mass is 312 g/mol. The standard InChI is InChI=1S/C17H16N2O4/c1-3-22-14-6-4-13(5-7-14)19-17(20)12(11-18)10-15-8-9-16(21-2)23-15/h4-10H,3H2,1-2H3,(H,19,20)/b12-10+. The van der Waals surface area contributed by atoms with Crippen molar-refractivity contribution in [3.8, 4) is 17.8 Å². The Morgan fingerprint density at radius 3 is 2.61 bits per heavy atom. The fourth-order valence-electron chi connectivity index (χ4n) is 1.81. The number of furan rings is 1. The van der Waals surface area contributed by atoms with Crippen LogP contribution in [-0.2, 0) is 4.79 Å². The summed E-state index contributed by atoms with van der Waals surface area (Å²) in [5.41, 5.74) is 0.493. The van der Waals surface area contributed by atoms with E-state index in [0.29, 0.717) is 29.8 Å². The number of carbonyl (C=O) groups excluding carboxylic acids is 1. The molecule has 0 spiro atoms. The highest BCUT2D eigenvalue weighted by Gasteiger charge is 2.11. The minimum absolute atomic E-state index is 0.0733. The average molecular weight is 312 g/mol. The molecule has 0 bridgehead atoms. The first-order chi connectivity index (χ1) is 11.2. The van der Waals surface area contributed by atoms with Crippen LogP contribution in [0.2, 0.25) is 0 Å². The molecule has 2 rings (SSSR count). The maximum atomic E-state index is 12.1. The normalized spacial score (nSPS) is 10.7. The van der Waals surface area contributed by atoms with Crippen molar-refractivity contribution in [2.45, 2.75) is 6.92 Å². The van der Waals surface area contributed by atoms with Crippen LogP contribution in [0.4, 0.5) is 5.69 Å². The molecule has 1 heterocycles. The molecule has 118 valence electrons. The number of hydrogen-bond donors (Lipinski definition) is 1. The van der Waals surface area contributed by atoms with Crippen molar-refractivity contribution in [1.82, 2.24) is 0 Å². The van der Waals surface area contributed by atoms with E-state index in [1.807, 2.05) is 13.0 Å². The van der Waals surface area contributed by atoms with E-state index >= 15 is 0 Å². The number of rotatable bonds is 6. The van der Waals surface area contributed by atoms with Crippen molar-refractivity contribution in [2.24, 2.45) is 0 Å². The van der Waals surface area contributed by atoms with Gasteiger partial charge in [-0.2, -0.15) is 5.26 Å². The van der Waals surface area contributed by atoms with E-state index in [2.05, 4.69) is 5.32 Å². The Morgan fingerprint density at radius 1 is 1.30 bits per heavy atom. The molecule has 6 nitrogen and oxygen atoms in total. The van der Waals surface area contributed by atoms with Gasteiger partial charge in [0, 0.05) is 17.8 Å². The number of hydrogen-bond acceptors (Lipinski definition) is 5. The van der Waals surface area contributed by atoms with Gasteiger partial charge in [0.05, 0.1) is 13.7 Å². The number of carbonyl (C=O) groups is 1. The zero-order valence-corrected chi connectivity index (χ0v) is 12.8. The molecule has 0 saturated heterocycles. The zero-order valence-electron chi connectivity index (χ0n) is 12.8. The smallest absolute Gasteiger partial charge is 0.284 e. The van der Waals surface area contributed by atoms with Gasteiger partial charge in [-0.25, -0.2) is 0 Å². The molecule has 0 aliphatic heterocycles. The lowest BCUT2D eigenvalue weighted by Gasteiger charge is -2.06. The molecule has 1 aromatic heterocycles. The van der Waals surface area contributed by atoms with Gasteiger partial charge in [-0.15, -0.1) is 0 Å². The number of nitriles is 1. The highest BCUT2D eigenvalue weighted by molar-refractivity contribution is 6.09. The molecule has 0 atom stereocenters. The minimum atomic E-state index is -0.521. The summed E-state index contributed by atoms with van der Waals surface area (Å²) in [6.07, 6.45) is 1.35. The van der Waals surface area contributed by atoms with Gasteiger partial charge in [0.15, 0.2) is 0 Å². The van der Waals surface area contributed by atoms with Crippen LogP contribution in [0.1, 0.15) is 12.7 Å². The second kappa shape index (κ2) is 7.71. The van der Waals surface area contributed by atoms with Gasteiger partial charge in [-0.05, 0) is 37.3 Å². The Kier molecular flexibility index (Phi) is 5.42. The van der Waals surface area contributed by atoms with E-state index in [0.717, 1.165) is 0 Å². The maximum Gasteiger partial charge on any atom is 0.284 e. The molecule has 0 unspecified atom stereocenters. The summed E-state index contributed by atoms with van der Waals surface area (Å²) in [6.45, 7) is 2.46. The number of anilines is 1. The van der Waals surface area contributed by atoms with Crippen LogP contribution in [0.25, 0.3) is 6.08 Å². The van der Waals surface area contributed by atoms with Crippen LogP contribution in [0.5, 0.6) is 11.7 Å². The first-order valence-corrected chi connectivity index (χ1v) is 6.96. The first-order valence-electron chi connectivity index (χ1n) is 6.96. The molecular weight excluding hydrogens is 296 g/mol. The quantitative estimate of drug-likeness (QED) is 0.654. The van der Waals surface area contributed by atoms with Crippen LogP contribution in [0, 0.1) is 11.3 Å². The number of methoxy groups -OCH3 is 1. The molecule has 0 radical (unpaired) electrons. The molecule has 6 heteroatoms. The number of benzene rings is 1. The fourth-order valence-corrected chi connectivity index (χ4v) is 1.81. The van der Waals surface area contributed by atoms with Gasteiger partial charge < -0.3 is 19.2 Å². The molecule has 1 aromatic carbocycles. The molecular formula is C17H16N2O4. The second-order valence-electron chi connectivity index (χ2n) is 4.44. The topological polar surface area (TPSA) is 84.5 Å². The van der Waals surface area contributed by atoms with E-state index in [9.17, 15) is 4.79 Å². The lowest BCUT2D eigenvalue weighted by Crippen LogP contribution is -2.13. The molecule has 1 amide bonds. The summed E-state index contributed by atoms with van der Waals surface area (Å²) in [5, 5.41) is 11.8. The molecule has 23 heavy (non-hydrogen) atoms. The third-order valence-corrected chi connectivity index (χ3v) is 2.88. The number of amides is 1. The minimum Gasteiger partial charge on any atom is -0.494 e. The van der Waals surface area contributed by atoms with Gasteiger partial charge in [0.2, 0.25) is 0 Å². The van der Waals surface area contributed by atoms with Crippen LogP contribution in [0.15, 0.2) is 46.4 Å². The Morgan fingerprint density at radius 2 is 2.04 bits per heavy atom. The third kappa shape index (κ3) is 4.38. The summed E-state index contributed by atoms with van der Waals surface area (Å²) >= 11 is 0. The van der Waals surface area contributed by atoms with Crippen molar-refractivity contribution in [3.05, 3.63) is 47.7 Å². The van der Waals surface area contributed by atoms with Gasteiger partial charge >= 0.3 is 0 Å². The summed E-state index contributed by atoms with van der Waals surface area (Å²) < 4.78 is 15.5. The van der Waals surface area contributed by atoms with Crippen LogP contribution in [0.3, 0.4) is 0 Å². The van der Waals surface area contributed by atoms with Gasteiger partial charge in [0.25, 0.3) is 11.9 Å². The molecule has 0 aliphatic rings. The molecule has 1 N–H and O–H groups in total. The summed E-state index contributed by atoms with van der Waals surface area (Å²) in [5.74, 6) is 0.858. The summed E-state index contributed by atoms with van der Waals surface area (Å²) in [4.78, 5) is 12.1. The average Bonchev–Trinajstić information content (AvgIpc) is 3.02. The van der Waals surface area contributed by atoms with Crippen molar-refractivity contribution in [3.63, 3.8) is 0 Å². The van der Waals surface area contributed by atoms with E-state index in [-0.39, 0.29) is 5.57 Å². The van der Waals surface area contributed by atoms with Crippen molar-refractivity contribution in [1.29, 1.82) is 5.26 Å². The molecule has 0 saturated carbocycles. The Balaban J connectivity index is 2.09. The van der Waals surface area contributed by atoms with Crippen LogP contribution < -0.4 is 14.8 Å². The highest BCUT2D eigenvalue weighted by atomic mass is 16.6. The molecule has 0 fully saturated rings. The van der Waals surface area contributed by atoms with Crippen LogP contribution >= 0.6 is 0 Å². The fraction of sp³-hybridized carbons (Fsp3) is 0.176. The van der Waals surface area contributed by atoms with Crippen LogP contribution in [-0.4, -0.2) is 19.6 Å². The Bertz CT molecular complexity index is 739. The zero-order chi connectivity index (χ0) is 16.7. The number of nitrogens with zero attached hydrogens (tertiary/aromatic N) is 1. The van der Waals surface area contributed by atoms with Crippen molar-refractivity contribution < 1.29 is 18.7 Å². The second-order valence-corrected chi connectivity index (χ2v) is 4.44. The summed E-state index contributed by atoms with van der Waals surface area (Å²) in [6, 6.07) is 12.0. The molecule has 0 aliphatic carbocycles. The van der Waals surface area contributed by atoms with E-state index < -0.39 is 5.91 Å². The lowest BCUT2D eigenvalue weighted by atomic mass is 10.2. The predicted octanol–water partition coefficient (Wildman–Crippen LogP) is 3.23. The largest absolute Gasteiger partial charge is 0.494 e. The van der Waals surface area contributed by atoms with E-state index in [1.165, 1.54) is 13.2 Å². The van der Waals surface area contributed by atoms with Crippen molar-refractivity contribution >= 4 is 17.7 Å². The lowest BCUT2D eigenvalue weighted by molar-refractivity contribution is -0.112.